The van der Waals surface area contributed by atoms with E-state index in [9.17, 15) is 4.79 Å². The molecule has 23 heavy (non-hydrogen) atoms. The van der Waals surface area contributed by atoms with E-state index in [4.69, 9.17) is 0 Å². The molecule has 5 heteroatoms. The molecule has 1 saturated carbocycles. The minimum Gasteiger partial charge on any atom is -0.302 e. The van der Waals surface area contributed by atoms with Crippen molar-refractivity contribution in [3.05, 3.63) is 40.7 Å². The van der Waals surface area contributed by atoms with E-state index >= 15 is 0 Å². The summed E-state index contributed by atoms with van der Waals surface area (Å²) in [5, 5.41) is 3.84. The Kier molecular flexibility index (Phi) is 4.12. The van der Waals surface area contributed by atoms with Gasteiger partial charge in [-0.05, 0) is 49.7 Å². The number of aromatic nitrogens is 2. The standard InChI is InChI=1S/C18H21N3OS/c22-17(14-10-13(14)12-6-5-9-19-11-12)21-18-20-15-7-3-1-2-4-8-16(15)23-18/h5-6,9,11,13-14H,1-4,7-8,10H2,(H,20,21,22)/t13-,14-/m0/s1. The Bertz CT molecular complexity index is 672. The zero-order valence-electron chi connectivity index (χ0n) is 13.1. The van der Waals surface area contributed by atoms with Crippen LogP contribution < -0.4 is 5.32 Å². The van der Waals surface area contributed by atoms with Gasteiger partial charge in [-0.1, -0.05) is 18.9 Å². The fourth-order valence-electron chi connectivity index (χ4n) is 3.41. The van der Waals surface area contributed by atoms with E-state index in [1.165, 1.54) is 41.8 Å². The number of amides is 1. The van der Waals surface area contributed by atoms with E-state index in [0.717, 1.165) is 24.4 Å². The zero-order chi connectivity index (χ0) is 15.6. The van der Waals surface area contributed by atoms with Crippen molar-refractivity contribution >= 4 is 22.4 Å². The number of carbonyl (C=O) groups is 1. The average molecular weight is 327 g/mol. The summed E-state index contributed by atoms with van der Waals surface area (Å²) >= 11 is 1.67. The number of hydrogen-bond donors (Lipinski definition) is 1. The molecule has 0 spiro atoms. The Balaban J connectivity index is 1.41. The topological polar surface area (TPSA) is 54.9 Å². The van der Waals surface area contributed by atoms with Gasteiger partial charge in [-0.2, -0.15) is 0 Å². The first-order valence-electron chi connectivity index (χ1n) is 8.50. The van der Waals surface area contributed by atoms with Crippen LogP contribution in [0.5, 0.6) is 0 Å². The first kappa shape index (κ1) is 14.8. The number of nitrogens with zero attached hydrogens (tertiary/aromatic N) is 2. The van der Waals surface area contributed by atoms with Crippen molar-refractivity contribution in [2.75, 3.05) is 5.32 Å². The molecule has 2 heterocycles. The second kappa shape index (κ2) is 6.40. The van der Waals surface area contributed by atoms with Crippen LogP contribution in [-0.2, 0) is 17.6 Å². The maximum atomic E-state index is 12.4. The van der Waals surface area contributed by atoms with E-state index in [1.807, 2.05) is 12.3 Å². The fraction of sp³-hybridized carbons (Fsp3) is 0.500. The number of rotatable bonds is 3. The Morgan fingerprint density at radius 2 is 2.09 bits per heavy atom. The number of pyridine rings is 1. The number of carbonyl (C=O) groups excluding carboxylic acids is 1. The molecule has 0 unspecified atom stereocenters. The van der Waals surface area contributed by atoms with Crippen molar-refractivity contribution in [3.63, 3.8) is 0 Å². The molecule has 0 aliphatic heterocycles. The van der Waals surface area contributed by atoms with Gasteiger partial charge in [0.1, 0.15) is 0 Å². The predicted molar refractivity (Wildman–Crippen MR) is 91.7 cm³/mol. The summed E-state index contributed by atoms with van der Waals surface area (Å²) in [4.78, 5) is 22.6. The van der Waals surface area contributed by atoms with E-state index in [-0.39, 0.29) is 11.8 Å². The number of hydrogen-bond acceptors (Lipinski definition) is 4. The van der Waals surface area contributed by atoms with Crippen LogP contribution in [0.25, 0.3) is 0 Å². The van der Waals surface area contributed by atoms with E-state index in [2.05, 4.69) is 21.4 Å². The lowest BCUT2D eigenvalue weighted by Crippen LogP contribution is -2.14. The molecule has 1 amide bonds. The van der Waals surface area contributed by atoms with Gasteiger partial charge in [-0.25, -0.2) is 4.98 Å². The molecule has 0 bridgehead atoms. The Hall–Kier alpha value is -1.75. The molecular formula is C18H21N3OS. The van der Waals surface area contributed by atoms with Gasteiger partial charge in [0.05, 0.1) is 5.69 Å². The maximum absolute atomic E-state index is 12.4. The van der Waals surface area contributed by atoms with Gasteiger partial charge in [0.15, 0.2) is 5.13 Å². The minimum atomic E-state index is 0.0747. The molecule has 2 aromatic heterocycles. The molecule has 0 saturated heterocycles. The van der Waals surface area contributed by atoms with Crippen molar-refractivity contribution in [1.82, 2.24) is 9.97 Å². The van der Waals surface area contributed by atoms with Crippen LogP contribution >= 0.6 is 11.3 Å². The molecule has 2 atom stereocenters. The fourth-order valence-corrected chi connectivity index (χ4v) is 4.46. The lowest BCUT2D eigenvalue weighted by Gasteiger charge is -2.06. The van der Waals surface area contributed by atoms with Gasteiger partial charge >= 0.3 is 0 Å². The molecule has 120 valence electrons. The van der Waals surface area contributed by atoms with Gasteiger partial charge in [0.2, 0.25) is 5.91 Å². The van der Waals surface area contributed by atoms with Gasteiger partial charge in [0.25, 0.3) is 0 Å². The number of fused-ring (bicyclic) bond motifs is 1. The number of aryl methyl sites for hydroxylation is 2. The van der Waals surface area contributed by atoms with E-state index < -0.39 is 0 Å². The SMILES string of the molecule is O=C(Nc1nc2c(s1)CCCCCC2)[C@H]1C[C@H]1c1cccnc1. The molecule has 1 fully saturated rings. The molecule has 1 N–H and O–H groups in total. The minimum absolute atomic E-state index is 0.0747. The summed E-state index contributed by atoms with van der Waals surface area (Å²) in [6, 6.07) is 3.99. The highest BCUT2D eigenvalue weighted by molar-refractivity contribution is 7.15. The first-order valence-corrected chi connectivity index (χ1v) is 9.32. The van der Waals surface area contributed by atoms with E-state index in [0.29, 0.717) is 5.92 Å². The highest BCUT2D eigenvalue weighted by Gasteiger charge is 2.44. The molecule has 0 radical (unpaired) electrons. The molecule has 4 rings (SSSR count). The molecule has 2 aliphatic carbocycles. The number of nitrogens with one attached hydrogen (secondary N) is 1. The summed E-state index contributed by atoms with van der Waals surface area (Å²) < 4.78 is 0. The Labute approximate surface area is 140 Å². The van der Waals surface area contributed by atoms with Crippen LogP contribution in [0.4, 0.5) is 5.13 Å². The summed E-state index contributed by atoms with van der Waals surface area (Å²) in [5.74, 6) is 0.510. The monoisotopic (exact) mass is 327 g/mol. The van der Waals surface area contributed by atoms with Crippen LogP contribution in [0.3, 0.4) is 0 Å². The highest BCUT2D eigenvalue weighted by Crippen LogP contribution is 2.47. The van der Waals surface area contributed by atoms with Crippen LogP contribution in [-0.4, -0.2) is 15.9 Å². The van der Waals surface area contributed by atoms with Gasteiger partial charge in [0, 0.05) is 23.2 Å². The third-order valence-corrected chi connectivity index (χ3v) is 5.89. The Morgan fingerprint density at radius 1 is 1.22 bits per heavy atom. The van der Waals surface area contributed by atoms with Crippen molar-refractivity contribution in [2.24, 2.45) is 5.92 Å². The summed E-state index contributed by atoms with van der Waals surface area (Å²) in [5.41, 5.74) is 2.38. The quantitative estimate of drug-likeness (QED) is 0.929. The molecule has 0 aromatic carbocycles. The molecular weight excluding hydrogens is 306 g/mol. The third-order valence-electron chi connectivity index (χ3n) is 4.82. The lowest BCUT2D eigenvalue weighted by atomic mass is 10.0. The summed E-state index contributed by atoms with van der Waals surface area (Å²) in [7, 11) is 0. The zero-order valence-corrected chi connectivity index (χ0v) is 13.9. The van der Waals surface area contributed by atoms with Crippen LogP contribution in [0, 0.1) is 5.92 Å². The van der Waals surface area contributed by atoms with Gasteiger partial charge in [-0.3, -0.25) is 9.78 Å². The van der Waals surface area contributed by atoms with Crippen molar-refractivity contribution in [1.29, 1.82) is 0 Å². The smallest absolute Gasteiger partial charge is 0.229 e. The van der Waals surface area contributed by atoms with Crippen LogP contribution in [0.1, 0.15) is 54.2 Å². The van der Waals surface area contributed by atoms with Crippen molar-refractivity contribution in [2.45, 2.75) is 50.9 Å². The largest absolute Gasteiger partial charge is 0.302 e. The molecule has 2 aromatic rings. The van der Waals surface area contributed by atoms with Gasteiger partial charge in [-0.15, -0.1) is 11.3 Å². The van der Waals surface area contributed by atoms with Gasteiger partial charge < -0.3 is 5.32 Å². The molecule has 4 nitrogen and oxygen atoms in total. The average Bonchev–Trinajstić information content (AvgIpc) is 3.27. The highest BCUT2D eigenvalue weighted by atomic mass is 32.1. The second-order valence-corrected chi connectivity index (χ2v) is 7.61. The third kappa shape index (κ3) is 3.29. The van der Waals surface area contributed by atoms with E-state index in [1.54, 1.807) is 17.5 Å². The first-order chi connectivity index (χ1) is 11.3. The normalized spacial score (nSPS) is 23.5. The summed E-state index contributed by atoms with van der Waals surface area (Å²) in [6.07, 6.45) is 11.8. The predicted octanol–water partition coefficient (Wildman–Crippen LogP) is 3.94. The summed E-state index contributed by atoms with van der Waals surface area (Å²) in [6.45, 7) is 0. The maximum Gasteiger partial charge on any atom is 0.229 e. The molecule has 2 aliphatic rings. The van der Waals surface area contributed by atoms with Crippen LogP contribution in [0.2, 0.25) is 0 Å². The lowest BCUT2D eigenvalue weighted by molar-refractivity contribution is -0.117. The van der Waals surface area contributed by atoms with Crippen molar-refractivity contribution in [3.8, 4) is 0 Å². The van der Waals surface area contributed by atoms with Crippen molar-refractivity contribution < 1.29 is 4.79 Å². The Morgan fingerprint density at radius 3 is 2.91 bits per heavy atom. The second-order valence-electron chi connectivity index (χ2n) is 6.53. The van der Waals surface area contributed by atoms with Crippen LogP contribution in [0.15, 0.2) is 24.5 Å². The number of thiazole rings is 1. The number of anilines is 1.